The molecule has 0 bridgehead atoms. The van der Waals surface area contributed by atoms with Gasteiger partial charge in [-0.1, -0.05) is 30.0 Å². The Morgan fingerprint density at radius 3 is 2.55 bits per heavy atom. The summed E-state index contributed by atoms with van der Waals surface area (Å²) in [4.78, 5) is 21.2. The molecule has 0 saturated carbocycles. The minimum Gasteiger partial charge on any atom is -0.504 e. The zero-order valence-corrected chi connectivity index (χ0v) is 18.4. The Bertz CT molecular complexity index is 1060. The van der Waals surface area contributed by atoms with Gasteiger partial charge in [0.25, 0.3) is 5.91 Å². The van der Waals surface area contributed by atoms with E-state index in [0.29, 0.717) is 29.2 Å². The number of carbonyl (C=O) groups excluding carboxylic acids is 1. The summed E-state index contributed by atoms with van der Waals surface area (Å²) in [5.74, 6) is 0.723. The van der Waals surface area contributed by atoms with E-state index in [-0.39, 0.29) is 11.7 Å². The van der Waals surface area contributed by atoms with E-state index in [2.05, 4.69) is 20.5 Å². The van der Waals surface area contributed by atoms with Crippen molar-refractivity contribution in [1.29, 1.82) is 0 Å². The monoisotopic (exact) mass is 436 g/mol. The van der Waals surface area contributed by atoms with Crippen molar-refractivity contribution in [2.24, 2.45) is 5.10 Å². The fourth-order valence-corrected chi connectivity index (χ4v) is 3.70. The second-order valence-corrected chi connectivity index (χ2v) is 7.69. The maximum absolute atomic E-state index is 12.3. The number of rotatable bonds is 8. The van der Waals surface area contributed by atoms with Crippen molar-refractivity contribution in [2.45, 2.75) is 31.7 Å². The number of aromatic hydroxyl groups is 1. The van der Waals surface area contributed by atoms with E-state index in [0.717, 1.165) is 22.1 Å². The van der Waals surface area contributed by atoms with Crippen molar-refractivity contribution in [3.05, 3.63) is 76.6 Å². The number of aryl methyl sites for hydroxylation is 2. The lowest BCUT2D eigenvalue weighted by Gasteiger charge is -2.07. The Kier molecular flexibility index (Phi) is 7.61. The van der Waals surface area contributed by atoms with Crippen LogP contribution in [0.25, 0.3) is 0 Å². The summed E-state index contributed by atoms with van der Waals surface area (Å²) in [6, 6.07) is 14.3. The molecule has 1 aromatic heterocycles. The molecule has 2 aromatic carbocycles. The number of nitrogens with one attached hydrogen (secondary N) is 1. The number of thioether (sulfide) groups is 1. The molecule has 31 heavy (non-hydrogen) atoms. The number of hydrogen-bond acceptors (Lipinski definition) is 7. The predicted octanol–water partition coefficient (Wildman–Crippen LogP) is 4.25. The molecule has 1 amide bonds. The van der Waals surface area contributed by atoms with E-state index in [1.54, 1.807) is 42.1 Å². The van der Waals surface area contributed by atoms with E-state index in [1.807, 2.05) is 39.0 Å². The summed E-state index contributed by atoms with van der Waals surface area (Å²) in [5.41, 5.74) is 6.36. The van der Waals surface area contributed by atoms with E-state index >= 15 is 0 Å². The van der Waals surface area contributed by atoms with Gasteiger partial charge in [-0.3, -0.25) is 4.79 Å². The first-order valence-electron chi connectivity index (χ1n) is 9.78. The van der Waals surface area contributed by atoms with Gasteiger partial charge in [-0.25, -0.2) is 15.4 Å². The summed E-state index contributed by atoms with van der Waals surface area (Å²) >= 11 is 1.55. The quantitative estimate of drug-likeness (QED) is 0.237. The van der Waals surface area contributed by atoms with E-state index in [1.165, 1.54) is 6.21 Å². The second kappa shape index (κ2) is 10.6. The maximum atomic E-state index is 12.3. The summed E-state index contributed by atoms with van der Waals surface area (Å²) in [6.07, 6.45) is 1.38. The van der Waals surface area contributed by atoms with Crippen LogP contribution >= 0.6 is 11.8 Å². The first-order chi connectivity index (χ1) is 15.0. The Labute approximate surface area is 185 Å². The Morgan fingerprint density at radius 1 is 1.16 bits per heavy atom. The number of para-hydroxylation sites is 1. The second-order valence-electron chi connectivity index (χ2n) is 6.75. The van der Waals surface area contributed by atoms with Crippen LogP contribution in [-0.2, 0) is 5.75 Å². The molecule has 0 aliphatic carbocycles. The van der Waals surface area contributed by atoms with Crippen LogP contribution in [0.5, 0.6) is 11.5 Å². The lowest BCUT2D eigenvalue weighted by Crippen LogP contribution is -2.17. The molecule has 3 aromatic rings. The van der Waals surface area contributed by atoms with Gasteiger partial charge in [0.2, 0.25) is 0 Å². The van der Waals surface area contributed by atoms with Crippen LogP contribution in [0.2, 0.25) is 0 Å². The summed E-state index contributed by atoms with van der Waals surface area (Å²) < 4.78 is 5.34. The summed E-state index contributed by atoms with van der Waals surface area (Å²) in [5, 5.41) is 14.8. The Balaban J connectivity index is 1.56. The highest BCUT2D eigenvalue weighted by Gasteiger charge is 2.08. The van der Waals surface area contributed by atoms with Crippen LogP contribution in [0, 0.1) is 13.8 Å². The average Bonchev–Trinajstić information content (AvgIpc) is 2.74. The molecule has 0 aliphatic heterocycles. The molecule has 160 valence electrons. The van der Waals surface area contributed by atoms with Crippen LogP contribution in [0.3, 0.4) is 0 Å². The minimum absolute atomic E-state index is 0.0167. The zero-order chi connectivity index (χ0) is 22.2. The standard InChI is InChI=1S/C23H24N4O3S/c1-4-30-20-7-5-6-19(21(20)28)13-24-27-22(29)18-10-8-17(9-11-18)14-31-23-25-15(2)12-16(3)26-23/h5-13,28H,4,14H2,1-3H3,(H,27,29)/b24-13+. The molecule has 0 radical (unpaired) electrons. The van der Waals surface area contributed by atoms with Gasteiger partial charge in [-0.05, 0) is 56.7 Å². The van der Waals surface area contributed by atoms with Gasteiger partial charge in [0.05, 0.1) is 12.8 Å². The molecular formula is C23H24N4O3S. The van der Waals surface area contributed by atoms with Crippen molar-refractivity contribution < 1.29 is 14.6 Å². The van der Waals surface area contributed by atoms with Crippen LogP contribution in [0.1, 0.15) is 39.8 Å². The molecule has 0 saturated heterocycles. The number of aromatic nitrogens is 2. The van der Waals surface area contributed by atoms with Crippen molar-refractivity contribution in [3.8, 4) is 11.5 Å². The lowest BCUT2D eigenvalue weighted by atomic mass is 10.1. The first-order valence-corrected chi connectivity index (χ1v) is 10.8. The molecule has 0 atom stereocenters. The van der Waals surface area contributed by atoms with Gasteiger partial charge in [0.1, 0.15) is 0 Å². The normalized spacial score (nSPS) is 10.9. The zero-order valence-electron chi connectivity index (χ0n) is 17.6. The number of phenols is 1. The van der Waals surface area contributed by atoms with E-state index < -0.39 is 0 Å². The molecule has 1 heterocycles. The maximum Gasteiger partial charge on any atom is 0.271 e. The Morgan fingerprint density at radius 2 is 1.87 bits per heavy atom. The van der Waals surface area contributed by atoms with Crippen LogP contribution in [-0.4, -0.2) is 33.8 Å². The minimum atomic E-state index is -0.339. The fraction of sp³-hybridized carbons (Fsp3) is 0.217. The number of amides is 1. The number of hydrazone groups is 1. The fourth-order valence-electron chi connectivity index (χ4n) is 2.80. The molecule has 7 nitrogen and oxygen atoms in total. The van der Waals surface area contributed by atoms with Crippen LogP contribution < -0.4 is 10.2 Å². The van der Waals surface area contributed by atoms with Gasteiger partial charge in [-0.15, -0.1) is 0 Å². The van der Waals surface area contributed by atoms with Crippen LogP contribution in [0.4, 0.5) is 0 Å². The first kappa shape index (κ1) is 22.3. The smallest absolute Gasteiger partial charge is 0.271 e. The third-order valence-corrected chi connectivity index (χ3v) is 5.16. The van der Waals surface area contributed by atoms with Gasteiger partial charge >= 0.3 is 0 Å². The Hall–Kier alpha value is -3.39. The van der Waals surface area contributed by atoms with Gasteiger partial charge in [0, 0.05) is 28.3 Å². The number of hydrogen-bond donors (Lipinski definition) is 2. The van der Waals surface area contributed by atoms with Gasteiger partial charge in [-0.2, -0.15) is 5.10 Å². The highest BCUT2D eigenvalue weighted by Crippen LogP contribution is 2.28. The number of carbonyl (C=O) groups is 1. The van der Waals surface area contributed by atoms with Crippen molar-refractivity contribution >= 4 is 23.9 Å². The third kappa shape index (κ3) is 6.29. The molecule has 8 heteroatoms. The van der Waals surface area contributed by atoms with E-state index in [4.69, 9.17) is 4.74 Å². The van der Waals surface area contributed by atoms with Crippen molar-refractivity contribution in [1.82, 2.24) is 15.4 Å². The number of phenolic OH excluding ortho intramolecular Hbond substituents is 1. The molecule has 0 spiro atoms. The third-order valence-electron chi connectivity index (χ3n) is 4.25. The number of nitrogens with zero attached hydrogens (tertiary/aromatic N) is 3. The summed E-state index contributed by atoms with van der Waals surface area (Å²) in [6.45, 7) is 6.18. The molecule has 0 unspecified atom stereocenters. The highest BCUT2D eigenvalue weighted by atomic mass is 32.2. The molecule has 0 aliphatic rings. The molecular weight excluding hydrogens is 412 g/mol. The van der Waals surface area contributed by atoms with Crippen molar-refractivity contribution in [2.75, 3.05) is 6.61 Å². The topological polar surface area (TPSA) is 96.7 Å². The SMILES string of the molecule is CCOc1cccc(/C=N/NC(=O)c2ccc(CSc3nc(C)cc(C)n3)cc2)c1O. The number of ether oxygens (including phenoxy) is 1. The van der Waals surface area contributed by atoms with Crippen LogP contribution in [0.15, 0.2) is 58.8 Å². The average molecular weight is 437 g/mol. The molecule has 3 rings (SSSR count). The number of benzene rings is 2. The van der Waals surface area contributed by atoms with E-state index in [9.17, 15) is 9.90 Å². The highest BCUT2D eigenvalue weighted by molar-refractivity contribution is 7.98. The molecule has 0 fully saturated rings. The van der Waals surface area contributed by atoms with Gasteiger partial charge in [0.15, 0.2) is 16.7 Å². The predicted molar refractivity (Wildman–Crippen MR) is 122 cm³/mol. The lowest BCUT2D eigenvalue weighted by molar-refractivity contribution is 0.0955. The van der Waals surface area contributed by atoms with Crippen molar-refractivity contribution in [3.63, 3.8) is 0 Å². The summed E-state index contributed by atoms with van der Waals surface area (Å²) in [7, 11) is 0. The largest absolute Gasteiger partial charge is 0.504 e. The van der Waals surface area contributed by atoms with Gasteiger partial charge < -0.3 is 9.84 Å². The molecule has 2 N–H and O–H groups in total.